The lowest BCUT2D eigenvalue weighted by Crippen LogP contribution is -2.48. The van der Waals surface area contributed by atoms with Gasteiger partial charge in [0.2, 0.25) is 5.95 Å². The lowest BCUT2D eigenvalue weighted by molar-refractivity contribution is 0.168. The SMILES string of the molecule is CC.CC.[B]c1nc(N2CCN(c3ncnn4cc(-c5cnn(CC(C)O)c5)cc34)CC2)nc([B])c1C(C)c1ccc(F)cc1. The predicted octanol–water partition coefficient (Wildman–Crippen LogP) is 3.02. The van der Waals surface area contributed by atoms with E-state index in [1.54, 1.807) is 36.3 Å². The first-order valence-corrected chi connectivity index (χ1v) is 15.5. The number of rotatable bonds is 7. The molecule has 0 aliphatic carbocycles. The van der Waals surface area contributed by atoms with Crippen molar-refractivity contribution in [3.8, 4) is 11.1 Å². The topological polar surface area (TPSA) is 100 Å². The molecule has 232 valence electrons. The number of aromatic nitrogens is 7. The highest BCUT2D eigenvalue weighted by Gasteiger charge is 2.24. The minimum Gasteiger partial charge on any atom is -0.391 e. The average molecular weight is 607 g/mol. The highest BCUT2D eigenvalue weighted by Crippen LogP contribution is 2.28. The summed E-state index contributed by atoms with van der Waals surface area (Å²) in [5, 5.41) is 18.4. The van der Waals surface area contributed by atoms with Crippen molar-refractivity contribution in [2.75, 3.05) is 36.0 Å². The third kappa shape index (κ3) is 7.53. The molecule has 0 bridgehead atoms. The summed E-state index contributed by atoms with van der Waals surface area (Å²) in [7, 11) is 12.7. The molecule has 4 aromatic heterocycles. The second kappa shape index (κ2) is 15.2. The van der Waals surface area contributed by atoms with Crippen molar-refractivity contribution in [1.29, 1.82) is 0 Å². The monoisotopic (exact) mass is 607 g/mol. The van der Waals surface area contributed by atoms with E-state index >= 15 is 0 Å². The van der Waals surface area contributed by atoms with Crippen LogP contribution < -0.4 is 21.0 Å². The molecular formula is C32H40B2FN9O. The fourth-order valence-electron chi connectivity index (χ4n) is 5.32. The van der Waals surface area contributed by atoms with Crippen molar-refractivity contribution in [1.82, 2.24) is 34.3 Å². The van der Waals surface area contributed by atoms with Crippen molar-refractivity contribution in [2.24, 2.45) is 0 Å². The van der Waals surface area contributed by atoms with Crippen molar-refractivity contribution in [2.45, 2.75) is 60.1 Å². The second-order valence-electron chi connectivity index (χ2n) is 10.4. The van der Waals surface area contributed by atoms with Gasteiger partial charge in [0, 0.05) is 55.6 Å². The molecule has 1 N–H and O–H groups in total. The second-order valence-corrected chi connectivity index (χ2v) is 10.4. The molecule has 10 nitrogen and oxygen atoms in total. The zero-order valence-corrected chi connectivity index (χ0v) is 26.9. The molecule has 13 heteroatoms. The molecule has 0 amide bonds. The first-order valence-electron chi connectivity index (χ1n) is 15.5. The van der Waals surface area contributed by atoms with Gasteiger partial charge in [-0.3, -0.25) is 4.68 Å². The number of piperazine rings is 1. The van der Waals surface area contributed by atoms with E-state index in [4.69, 9.17) is 15.7 Å². The first kappa shape index (κ1) is 33.6. The summed E-state index contributed by atoms with van der Waals surface area (Å²) in [6.07, 6.45) is 6.73. The standard InChI is InChI=1S/C28H28B2FN9O.2C2H6/c1-17(41)13-39-14-21(12-33-39)20-11-23-27(32-16-34-40(23)15-20)37-7-9-38(10-8-37)28-35-25(29)24(26(30)36-28)18(2)19-3-5-22(31)6-4-19;2*1-2/h3-6,11-12,14-18,41H,7-10,13H2,1-2H3;2*1-2H3. The predicted molar refractivity (Wildman–Crippen MR) is 180 cm³/mol. The molecule has 1 saturated heterocycles. The van der Waals surface area contributed by atoms with Crippen LogP contribution >= 0.6 is 0 Å². The number of aliphatic hydroxyl groups excluding tert-OH is 1. The fourth-order valence-corrected chi connectivity index (χ4v) is 5.32. The van der Waals surface area contributed by atoms with E-state index in [-0.39, 0.29) is 11.7 Å². The van der Waals surface area contributed by atoms with Gasteiger partial charge in [0.05, 0.1) is 18.8 Å². The van der Waals surface area contributed by atoms with Crippen LogP contribution in [0.1, 0.15) is 58.6 Å². The first-order chi connectivity index (χ1) is 21.8. The third-order valence-corrected chi connectivity index (χ3v) is 7.46. The van der Waals surface area contributed by atoms with Crippen molar-refractivity contribution >= 4 is 44.2 Å². The molecule has 45 heavy (non-hydrogen) atoms. The van der Waals surface area contributed by atoms with E-state index in [0.29, 0.717) is 55.4 Å². The van der Waals surface area contributed by atoms with Crippen LogP contribution in [-0.4, -0.2) is 87.4 Å². The van der Waals surface area contributed by atoms with Crippen molar-refractivity contribution < 1.29 is 9.50 Å². The van der Waals surface area contributed by atoms with E-state index in [9.17, 15) is 9.50 Å². The lowest BCUT2D eigenvalue weighted by atomic mass is 9.80. The molecule has 5 heterocycles. The number of benzene rings is 1. The lowest BCUT2D eigenvalue weighted by Gasteiger charge is -2.36. The van der Waals surface area contributed by atoms with Gasteiger partial charge in [0.15, 0.2) is 5.82 Å². The zero-order chi connectivity index (χ0) is 32.7. The Labute approximate surface area is 267 Å². The summed E-state index contributed by atoms with van der Waals surface area (Å²) in [6, 6.07) is 8.32. The zero-order valence-electron chi connectivity index (χ0n) is 26.9. The van der Waals surface area contributed by atoms with Gasteiger partial charge >= 0.3 is 0 Å². The van der Waals surface area contributed by atoms with Gasteiger partial charge in [-0.05, 0) is 47.4 Å². The Morgan fingerprint density at radius 2 is 1.49 bits per heavy atom. The summed E-state index contributed by atoms with van der Waals surface area (Å²) in [5.41, 5.74) is 4.97. The molecule has 0 saturated carbocycles. The molecule has 1 aliphatic rings. The van der Waals surface area contributed by atoms with Gasteiger partial charge in [-0.1, -0.05) is 46.8 Å². The Bertz CT molecular complexity index is 1660. The maximum atomic E-state index is 13.4. The van der Waals surface area contributed by atoms with E-state index in [2.05, 4.69) is 41.0 Å². The molecule has 1 fully saturated rings. The third-order valence-electron chi connectivity index (χ3n) is 7.46. The Morgan fingerprint density at radius 1 is 0.867 bits per heavy atom. The quantitative estimate of drug-likeness (QED) is 0.282. The number of aliphatic hydroxyl groups is 1. The van der Waals surface area contributed by atoms with Gasteiger partial charge in [0.1, 0.15) is 33.4 Å². The van der Waals surface area contributed by atoms with Crippen LogP contribution in [0.2, 0.25) is 0 Å². The average Bonchev–Trinajstić information content (AvgIpc) is 3.70. The van der Waals surface area contributed by atoms with Crippen LogP contribution in [0, 0.1) is 5.82 Å². The number of nitrogens with zero attached hydrogens (tertiary/aromatic N) is 9. The van der Waals surface area contributed by atoms with Gasteiger partial charge in [-0.25, -0.2) is 23.9 Å². The summed E-state index contributed by atoms with van der Waals surface area (Å²) >= 11 is 0. The molecular weight excluding hydrogens is 567 g/mol. The largest absolute Gasteiger partial charge is 0.391 e. The van der Waals surface area contributed by atoms with Crippen molar-refractivity contribution in [3.05, 3.63) is 72.2 Å². The van der Waals surface area contributed by atoms with Crippen LogP contribution in [0.3, 0.4) is 0 Å². The number of hydrogen-bond donors (Lipinski definition) is 1. The van der Waals surface area contributed by atoms with E-state index in [0.717, 1.165) is 28.0 Å². The van der Waals surface area contributed by atoms with Gasteiger partial charge < -0.3 is 14.9 Å². The molecule has 5 aromatic rings. The minimum absolute atomic E-state index is 0.179. The summed E-state index contributed by atoms with van der Waals surface area (Å²) < 4.78 is 16.9. The highest BCUT2D eigenvalue weighted by molar-refractivity contribution is 6.38. The summed E-state index contributed by atoms with van der Waals surface area (Å²) in [5.74, 6) is 0.849. The van der Waals surface area contributed by atoms with E-state index in [1.807, 2.05) is 51.5 Å². The normalized spacial score (nSPS) is 14.3. The fraction of sp³-hybridized carbons (Fsp3) is 0.406. The van der Waals surface area contributed by atoms with Crippen LogP contribution in [-0.2, 0) is 6.54 Å². The maximum Gasteiger partial charge on any atom is 0.224 e. The van der Waals surface area contributed by atoms with Crippen molar-refractivity contribution in [3.63, 3.8) is 0 Å². The van der Waals surface area contributed by atoms with E-state index in [1.165, 1.54) is 12.1 Å². The molecule has 1 aromatic carbocycles. The highest BCUT2D eigenvalue weighted by atomic mass is 19.1. The van der Waals surface area contributed by atoms with Crippen LogP contribution in [0.25, 0.3) is 16.6 Å². The van der Waals surface area contributed by atoms with E-state index < -0.39 is 6.10 Å². The Balaban J connectivity index is 0.00000111. The van der Waals surface area contributed by atoms with Gasteiger partial charge in [0.25, 0.3) is 0 Å². The maximum absolute atomic E-state index is 13.4. The van der Waals surface area contributed by atoms with Crippen LogP contribution in [0.4, 0.5) is 16.2 Å². The number of fused-ring (bicyclic) bond motifs is 1. The molecule has 4 radical (unpaired) electrons. The van der Waals surface area contributed by atoms with Crippen LogP contribution in [0.15, 0.2) is 55.2 Å². The Morgan fingerprint density at radius 3 is 2.11 bits per heavy atom. The molecule has 1 aliphatic heterocycles. The summed E-state index contributed by atoms with van der Waals surface area (Å²) in [4.78, 5) is 18.1. The molecule has 2 atom stereocenters. The number of hydrogen-bond acceptors (Lipinski definition) is 8. The summed E-state index contributed by atoms with van der Waals surface area (Å²) in [6.45, 7) is 14.8. The Kier molecular flexibility index (Phi) is 11.3. The van der Waals surface area contributed by atoms with Gasteiger partial charge in [-0.2, -0.15) is 10.2 Å². The van der Waals surface area contributed by atoms with Crippen LogP contribution in [0.5, 0.6) is 0 Å². The molecule has 6 rings (SSSR count). The number of anilines is 2. The molecule has 0 spiro atoms. The molecule has 2 unspecified atom stereocenters. The Hall–Kier alpha value is -4.25. The number of halogens is 1. The van der Waals surface area contributed by atoms with Gasteiger partial charge in [-0.15, -0.1) is 0 Å². The minimum atomic E-state index is -0.479. The smallest absolute Gasteiger partial charge is 0.224 e.